The molecule has 0 radical (unpaired) electrons. The summed E-state index contributed by atoms with van der Waals surface area (Å²) in [5.41, 5.74) is 3.20. The van der Waals surface area contributed by atoms with Crippen LogP contribution in [-0.2, 0) is 6.42 Å². The summed E-state index contributed by atoms with van der Waals surface area (Å²) in [5, 5.41) is 12.5. The first-order chi connectivity index (χ1) is 8.80. The third-order valence-electron chi connectivity index (χ3n) is 3.68. The lowest BCUT2D eigenvalue weighted by molar-refractivity contribution is 0.525. The van der Waals surface area contributed by atoms with Gasteiger partial charge >= 0.3 is 0 Å². The molecule has 96 valence electrons. The highest BCUT2D eigenvalue weighted by molar-refractivity contribution is 5.55. The smallest absolute Gasteiger partial charge is 0.144 e. The van der Waals surface area contributed by atoms with Gasteiger partial charge in [-0.25, -0.2) is 4.98 Å². The lowest BCUT2D eigenvalue weighted by Crippen LogP contribution is -2.15. The zero-order chi connectivity index (χ0) is 13.0. The van der Waals surface area contributed by atoms with E-state index in [1.54, 1.807) is 0 Å². The van der Waals surface area contributed by atoms with Crippen LogP contribution in [0.2, 0.25) is 0 Å². The number of rotatable bonds is 4. The van der Waals surface area contributed by atoms with Crippen molar-refractivity contribution in [2.24, 2.45) is 0 Å². The van der Waals surface area contributed by atoms with Crippen LogP contribution in [0.5, 0.6) is 0 Å². The zero-order valence-electron chi connectivity index (χ0n) is 11.3. The van der Waals surface area contributed by atoms with Gasteiger partial charge in [-0.15, -0.1) is 0 Å². The molecule has 0 amide bonds. The van der Waals surface area contributed by atoms with Crippen LogP contribution in [0.1, 0.15) is 62.3 Å². The molecule has 0 aromatic carbocycles. The molecule has 1 aromatic heterocycles. The summed E-state index contributed by atoms with van der Waals surface area (Å²) in [6.07, 6.45) is 5.71. The highest BCUT2D eigenvalue weighted by Gasteiger charge is 2.22. The Kier molecular flexibility index (Phi) is 4.19. The largest absolute Gasteiger partial charge is 0.369 e. The molecule has 3 heteroatoms. The van der Waals surface area contributed by atoms with E-state index in [0.29, 0.717) is 11.5 Å². The van der Waals surface area contributed by atoms with E-state index in [0.717, 1.165) is 31.6 Å². The average molecular weight is 243 g/mol. The maximum atomic E-state index is 9.21. The van der Waals surface area contributed by atoms with Crippen molar-refractivity contribution in [3.05, 3.63) is 22.9 Å². The van der Waals surface area contributed by atoms with E-state index in [1.807, 2.05) is 6.07 Å². The first-order valence-electron chi connectivity index (χ1n) is 6.97. The number of aryl methyl sites for hydroxylation is 1. The number of nitriles is 1. The van der Waals surface area contributed by atoms with Crippen LogP contribution in [0.4, 0.5) is 5.82 Å². The number of aromatic nitrogens is 1. The van der Waals surface area contributed by atoms with E-state index in [-0.39, 0.29) is 0 Å². The van der Waals surface area contributed by atoms with Crippen LogP contribution in [-0.4, -0.2) is 11.5 Å². The topological polar surface area (TPSA) is 48.7 Å². The van der Waals surface area contributed by atoms with Gasteiger partial charge in [0.1, 0.15) is 11.9 Å². The summed E-state index contributed by atoms with van der Waals surface area (Å²) in [6.45, 7) is 5.21. The third-order valence-corrected chi connectivity index (χ3v) is 3.68. The van der Waals surface area contributed by atoms with Crippen molar-refractivity contribution >= 4 is 5.82 Å². The second-order valence-electron chi connectivity index (χ2n) is 4.96. The predicted molar refractivity (Wildman–Crippen MR) is 73.7 cm³/mol. The Morgan fingerprint density at radius 2 is 2.33 bits per heavy atom. The fraction of sp³-hybridized carbons (Fsp3) is 0.600. The minimum absolute atomic E-state index is 0.573. The number of hydrogen-bond donors (Lipinski definition) is 1. The second-order valence-corrected chi connectivity index (χ2v) is 4.96. The van der Waals surface area contributed by atoms with E-state index in [4.69, 9.17) is 4.98 Å². The van der Waals surface area contributed by atoms with Gasteiger partial charge in [-0.3, -0.25) is 0 Å². The van der Waals surface area contributed by atoms with Gasteiger partial charge in [0.05, 0.1) is 5.56 Å². The Balaban J connectivity index is 2.39. The Hall–Kier alpha value is -1.56. The van der Waals surface area contributed by atoms with Crippen LogP contribution in [0.3, 0.4) is 0 Å². The molecule has 1 atom stereocenters. The molecule has 1 aromatic rings. The van der Waals surface area contributed by atoms with Gasteiger partial charge in [-0.2, -0.15) is 5.26 Å². The Labute approximate surface area is 109 Å². The summed E-state index contributed by atoms with van der Waals surface area (Å²) >= 11 is 0. The second kappa shape index (κ2) is 5.86. The predicted octanol–water partition coefficient (Wildman–Crippen LogP) is 3.61. The monoisotopic (exact) mass is 243 g/mol. The number of fused-ring (bicyclic) bond motifs is 1. The first-order valence-corrected chi connectivity index (χ1v) is 6.97. The lowest BCUT2D eigenvalue weighted by Gasteiger charge is -2.24. The van der Waals surface area contributed by atoms with Crippen molar-refractivity contribution in [1.29, 1.82) is 5.26 Å². The summed E-state index contributed by atoms with van der Waals surface area (Å²) in [6, 6.07) is 4.31. The Morgan fingerprint density at radius 3 is 3.00 bits per heavy atom. The molecule has 1 heterocycles. The van der Waals surface area contributed by atoms with Gasteiger partial charge in [-0.1, -0.05) is 13.8 Å². The molecular weight excluding hydrogens is 222 g/mol. The highest BCUT2D eigenvalue weighted by atomic mass is 15.0. The zero-order valence-corrected chi connectivity index (χ0v) is 11.3. The third kappa shape index (κ3) is 2.48. The van der Waals surface area contributed by atoms with E-state index < -0.39 is 0 Å². The van der Waals surface area contributed by atoms with E-state index in [9.17, 15) is 5.26 Å². The van der Waals surface area contributed by atoms with Gasteiger partial charge in [-0.05, 0) is 43.7 Å². The maximum Gasteiger partial charge on any atom is 0.144 e. The summed E-state index contributed by atoms with van der Waals surface area (Å²) in [5.74, 6) is 1.35. The number of pyridine rings is 1. The fourth-order valence-corrected chi connectivity index (χ4v) is 2.66. The van der Waals surface area contributed by atoms with Gasteiger partial charge in [0.15, 0.2) is 0 Å². The molecule has 1 unspecified atom stereocenters. The molecular formula is C15H21N3. The van der Waals surface area contributed by atoms with E-state index in [1.165, 1.54) is 24.1 Å². The Bertz CT molecular complexity index is 460. The van der Waals surface area contributed by atoms with Crippen molar-refractivity contribution in [2.45, 2.75) is 51.9 Å². The quantitative estimate of drug-likeness (QED) is 0.878. The van der Waals surface area contributed by atoms with Crippen molar-refractivity contribution in [2.75, 3.05) is 11.9 Å². The molecule has 0 fully saturated rings. The molecule has 0 spiro atoms. The van der Waals surface area contributed by atoms with Gasteiger partial charge in [0.2, 0.25) is 0 Å². The summed E-state index contributed by atoms with van der Waals surface area (Å²) in [7, 11) is 0. The molecule has 0 saturated carbocycles. The van der Waals surface area contributed by atoms with Crippen LogP contribution < -0.4 is 5.32 Å². The lowest BCUT2D eigenvalue weighted by atomic mass is 9.84. The minimum atomic E-state index is 0.573. The fourth-order valence-electron chi connectivity index (χ4n) is 2.66. The highest BCUT2D eigenvalue weighted by Crippen LogP contribution is 2.34. The first kappa shape index (κ1) is 12.9. The van der Waals surface area contributed by atoms with Crippen molar-refractivity contribution in [3.8, 4) is 6.07 Å². The molecule has 0 aliphatic heterocycles. The SMILES string of the molecule is CCCNc1nc2c(cc1C#N)CCCC2CC. The molecule has 0 saturated heterocycles. The van der Waals surface area contributed by atoms with Crippen molar-refractivity contribution < 1.29 is 0 Å². The van der Waals surface area contributed by atoms with E-state index in [2.05, 4.69) is 25.2 Å². The van der Waals surface area contributed by atoms with E-state index >= 15 is 0 Å². The minimum Gasteiger partial charge on any atom is -0.369 e. The van der Waals surface area contributed by atoms with Crippen LogP contribution in [0.25, 0.3) is 0 Å². The van der Waals surface area contributed by atoms with Crippen molar-refractivity contribution in [3.63, 3.8) is 0 Å². The molecule has 1 N–H and O–H groups in total. The summed E-state index contributed by atoms with van der Waals surface area (Å²) < 4.78 is 0. The molecule has 18 heavy (non-hydrogen) atoms. The molecule has 3 nitrogen and oxygen atoms in total. The Morgan fingerprint density at radius 1 is 1.50 bits per heavy atom. The van der Waals surface area contributed by atoms with Gasteiger partial charge < -0.3 is 5.32 Å². The normalized spacial score (nSPS) is 17.9. The molecule has 1 aliphatic carbocycles. The van der Waals surface area contributed by atoms with Gasteiger partial charge in [0, 0.05) is 18.2 Å². The van der Waals surface area contributed by atoms with Crippen molar-refractivity contribution in [1.82, 2.24) is 4.98 Å². The van der Waals surface area contributed by atoms with Crippen LogP contribution in [0, 0.1) is 11.3 Å². The standard InChI is InChI=1S/C15H21N3/c1-3-8-17-15-13(10-16)9-12-7-5-6-11(4-2)14(12)18-15/h9,11H,3-8H2,1-2H3,(H,17,18). The maximum absolute atomic E-state index is 9.21. The number of hydrogen-bond acceptors (Lipinski definition) is 3. The summed E-state index contributed by atoms with van der Waals surface area (Å²) in [4.78, 5) is 4.74. The number of nitrogens with zero attached hydrogens (tertiary/aromatic N) is 2. The molecule has 2 rings (SSSR count). The number of anilines is 1. The van der Waals surface area contributed by atoms with Gasteiger partial charge in [0.25, 0.3) is 0 Å². The van der Waals surface area contributed by atoms with Crippen LogP contribution >= 0.6 is 0 Å². The average Bonchev–Trinajstić information content (AvgIpc) is 2.43. The molecule has 1 aliphatic rings. The molecule has 0 bridgehead atoms. The number of nitrogens with one attached hydrogen (secondary N) is 1. The van der Waals surface area contributed by atoms with Crippen LogP contribution in [0.15, 0.2) is 6.07 Å².